The summed E-state index contributed by atoms with van der Waals surface area (Å²) in [7, 11) is 0. The number of rotatable bonds is 9. The highest BCUT2D eigenvalue weighted by atomic mass is 35.5. The van der Waals surface area contributed by atoms with Gasteiger partial charge in [0.1, 0.15) is 0 Å². The van der Waals surface area contributed by atoms with Crippen molar-refractivity contribution in [2.24, 2.45) is 0 Å². The van der Waals surface area contributed by atoms with E-state index in [9.17, 15) is 4.79 Å². The van der Waals surface area contributed by atoms with Crippen molar-refractivity contribution in [1.29, 1.82) is 0 Å². The van der Waals surface area contributed by atoms with E-state index in [1.165, 1.54) is 0 Å². The first kappa shape index (κ1) is 21.5. The van der Waals surface area contributed by atoms with Gasteiger partial charge in [0, 0.05) is 29.5 Å². The van der Waals surface area contributed by atoms with Crippen molar-refractivity contribution < 1.29 is 4.79 Å². The fourth-order valence-electron chi connectivity index (χ4n) is 3.47. The zero-order chi connectivity index (χ0) is 22.2. The van der Waals surface area contributed by atoms with Gasteiger partial charge < -0.3 is 10.2 Å². The van der Waals surface area contributed by atoms with E-state index in [-0.39, 0.29) is 0 Å². The molecule has 2 aromatic heterocycles. The molecule has 0 saturated carbocycles. The molecule has 6 heteroatoms. The predicted molar refractivity (Wildman–Crippen MR) is 130 cm³/mol. The molecule has 0 spiro atoms. The number of carbonyl (C=O) groups is 1. The molecule has 2 heterocycles. The number of halogens is 1. The molecule has 0 aliphatic heterocycles. The average Bonchev–Trinajstić information content (AvgIpc) is 2.84. The van der Waals surface area contributed by atoms with E-state index < -0.39 is 0 Å². The highest BCUT2D eigenvalue weighted by molar-refractivity contribution is 6.30. The van der Waals surface area contributed by atoms with Crippen molar-refractivity contribution in [3.05, 3.63) is 107 Å². The van der Waals surface area contributed by atoms with E-state index in [2.05, 4.69) is 10.3 Å². The monoisotopic (exact) mass is 442 g/mol. The zero-order valence-electron chi connectivity index (χ0n) is 17.5. The summed E-state index contributed by atoms with van der Waals surface area (Å²) in [6.07, 6.45) is 5.08. The number of hydrogen-bond acceptors (Lipinski definition) is 4. The second-order valence-electron chi connectivity index (χ2n) is 7.33. The largest absolute Gasteiger partial charge is 0.368 e. The zero-order valence-corrected chi connectivity index (χ0v) is 18.2. The molecule has 4 rings (SSSR count). The first-order valence-electron chi connectivity index (χ1n) is 10.4. The van der Waals surface area contributed by atoms with Gasteiger partial charge in [0.2, 0.25) is 6.41 Å². The molecule has 32 heavy (non-hydrogen) atoms. The van der Waals surface area contributed by atoms with Gasteiger partial charge in [0.05, 0.1) is 17.9 Å². The van der Waals surface area contributed by atoms with Gasteiger partial charge >= 0.3 is 0 Å². The molecule has 0 aliphatic rings. The van der Waals surface area contributed by atoms with Crippen LogP contribution in [0.25, 0.3) is 11.3 Å². The maximum Gasteiger partial charge on any atom is 0.214 e. The van der Waals surface area contributed by atoms with Crippen LogP contribution < -0.4 is 10.2 Å². The Kier molecular flexibility index (Phi) is 7.10. The highest BCUT2D eigenvalue weighted by Gasteiger charge is 2.14. The number of carbonyl (C=O) groups excluding carboxylic acids is 1. The Bertz CT molecular complexity index is 1170. The molecular formula is C26H23ClN4O. The minimum atomic E-state index is 0.409. The van der Waals surface area contributed by atoms with Crippen LogP contribution in [0.3, 0.4) is 0 Å². The van der Waals surface area contributed by atoms with Gasteiger partial charge in [-0.2, -0.15) is 0 Å². The van der Waals surface area contributed by atoms with Gasteiger partial charge in [-0.3, -0.25) is 9.78 Å². The van der Waals surface area contributed by atoms with Crippen molar-refractivity contribution in [2.45, 2.75) is 13.0 Å². The van der Waals surface area contributed by atoms with Crippen LogP contribution in [-0.4, -0.2) is 22.9 Å². The van der Waals surface area contributed by atoms with E-state index >= 15 is 0 Å². The van der Waals surface area contributed by atoms with Crippen LogP contribution in [0.2, 0.25) is 5.02 Å². The lowest BCUT2D eigenvalue weighted by molar-refractivity contribution is -0.107. The number of anilines is 2. The van der Waals surface area contributed by atoms with Crippen LogP contribution in [0.1, 0.15) is 11.1 Å². The standard InChI is InChI=1S/C26H23ClN4O/c27-23-10-4-6-20(16-23)13-15-29-26-25(31(19-32)18-21-7-5-14-28-17-21)12-11-24(30-26)22-8-2-1-3-9-22/h1-12,14,16-17,19H,13,15,18H2,(H,29,30). The molecule has 1 N–H and O–H groups in total. The van der Waals surface area contributed by atoms with Crippen LogP contribution in [0.15, 0.2) is 91.3 Å². The third-order valence-corrected chi connectivity index (χ3v) is 5.29. The van der Waals surface area contributed by atoms with Crippen molar-refractivity contribution in [2.75, 3.05) is 16.8 Å². The molecule has 0 fully saturated rings. The lowest BCUT2D eigenvalue weighted by atomic mass is 10.1. The molecule has 4 aromatic rings. The summed E-state index contributed by atoms with van der Waals surface area (Å²) in [5.41, 5.74) is 4.65. The van der Waals surface area contributed by atoms with Crippen LogP contribution in [0.4, 0.5) is 11.5 Å². The summed E-state index contributed by atoms with van der Waals surface area (Å²) in [6, 6.07) is 25.5. The van der Waals surface area contributed by atoms with E-state index in [0.29, 0.717) is 18.9 Å². The van der Waals surface area contributed by atoms with Gasteiger partial charge in [-0.15, -0.1) is 0 Å². The second kappa shape index (κ2) is 10.6. The lowest BCUT2D eigenvalue weighted by Gasteiger charge is -2.21. The molecule has 0 radical (unpaired) electrons. The van der Waals surface area contributed by atoms with Gasteiger partial charge in [-0.1, -0.05) is 60.1 Å². The maximum atomic E-state index is 12.0. The van der Waals surface area contributed by atoms with Crippen LogP contribution >= 0.6 is 11.6 Å². The van der Waals surface area contributed by atoms with Gasteiger partial charge in [0.15, 0.2) is 5.82 Å². The van der Waals surface area contributed by atoms with Crippen LogP contribution in [-0.2, 0) is 17.8 Å². The Morgan fingerprint density at radius 3 is 2.53 bits per heavy atom. The van der Waals surface area contributed by atoms with Crippen LogP contribution in [0.5, 0.6) is 0 Å². The van der Waals surface area contributed by atoms with E-state index in [4.69, 9.17) is 16.6 Å². The molecule has 1 amide bonds. The Balaban J connectivity index is 1.61. The van der Waals surface area contributed by atoms with Crippen molar-refractivity contribution in [3.63, 3.8) is 0 Å². The normalized spacial score (nSPS) is 10.5. The third kappa shape index (κ3) is 5.50. The molecule has 5 nitrogen and oxygen atoms in total. The molecular weight excluding hydrogens is 420 g/mol. The Hall–Kier alpha value is -3.70. The average molecular weight is 443 g/mol. The molecule has 2 aromatic carbocycles. The molecule has 0 bridgehead atoms. The highest BCUT2D eigenvalue weighted by Crippen LogP contribution is 2.29. The molecule has 160 valence electrons. The van der Waals surface area contributed by atoms with Crippen LogP contribution in [0, 0.1) is 0 Å². The van der Waals surface area contributed by atoms with Crippen molar-refractivity contribution in [1.82, 2.24) is 9.97 Å². The summed E-state index contributed by atoms with van der Waals surface area (Å²) in [5.74, 6) is 0.657. The van der Waals surface area contributed by atoms with Gasteiger partial charge in [-0.25, -0.2) is 4.98 Å². The van der Waals surface area contributed by atoms with Crippen molar-refractivity contribution in [3.8, 4) is 11.3 Å². The smallest absolute Gasteiger partial charge is 0.214 e. The van der Waals surface area contributed by atoms with Gasteiger partial charge in [0.25, 0.3) is 0 Å². The van der Waals surface area contributed by atoms with E-state index in [0.717, 1.165) is 45.9 Å². The Morgan fingerprint density at radius 2 is 1.78 bits per heavy atom. The molecule has 0 saturated heterocycles. The number of benzene rings is 2. The van der Waals surface area contributed by atoms with E-state index in [1.807, 2.05) is 78.9 Å². The minimum Gasteiger partial charge on any atom is -0.368 e. The molecule has 0 atom stereocenters. The number of hydrogen-bond donors (Lipinski definition) is 1. The first-order chi connectivity index (χ1) is 15.7. The Labute approximate surface area is 192 Å². The number of aromatic nitrogens is 2. The summed E-state index contributed by atoms with van der Waals surface area (Å²) >= 11 is 6.11. The first-order valence-corrected chi connectivity index (χ1v) is 10.8. The Morgan fingerprint density at radius 1 is 0.938 bits per heavy atom. The summed E-state index contributed by atoms with van der Waals surface area (Å²) in [4.78, 5) is 22.6. The fraction of sp³-hybridized carbons (Fsp3) is 0.115. The maximum absolute atomic E-state index is 12.0. The SMILES string of the molecule is O=CN(Cc1cccnc1)c1ccc(-c2ccccc2)nc1NCCc1cccc(Cl)c1. The second-order valence-corrected chi connectivity index (χ2v) is 7.77. The van der Waals surface area contributed by atoms with Gasteiger partial charge in [-0.05, 0) is 47.9 Å². The molecule has 0 aliphatic carbocycles. The lowest BCUT2D eigenvalue weighted by Crippen LogP contribution is -2.23. The van der Waals surface area contributed by atoms with Crippen molar-refractivity contribution >= 4 is 29.5 Å². The predicted octanol–water partition coefficient (Wildman–Crippen LogP) is 5.61. The number of amides is 1. The number of nitrogens with one attached hydrogen (secondary N) is 1. The molecule has 0 unspecified atom stereocenters. The number of nitrogens with zero attached hydrogens (tertiary/aromatic N) is 3. The topological polar surface area (TPSA) is 58.1 Å². The summed E-state index contributed by atoms with van der Waals surface area (Å²) in [5, 5.41) is 4.14. The summed E-state index contributed by atoms with van der Waals surface area (Å²) in [6.45, 7) is 1.06. The minimum absolute atomic E-state index is 0.409. The number of pyridine rings is 2. The quantitative estimate of drug-likeness (QED) is 0.342. The fourth-order valence-corrected chi connectivity index (χ4v) is 3.68. The third-order valence-electron chi connectivity index (χ3n) is 5.05. The van der Waals surface area contributed by atoms with E-state index in [1.54, 1.807) is 17.3 Å². The summed E-state index contributed by atoms with van der Waals surface area (Å²) < 4.78 is 0.